The van der Waals surface area contributed by atoms with Gasteiger partial charge in [-0.05, 0) is 26.0 Å². The molecular formula is C23H26FN5O4S. The lowest BCUT2D eigenvalue weighted by atomic mass is 10.2. The quantitative estimate of drug-likeness (QED) is 0.545. The van der Waals surface area contributed by atoms with Gasteiger partial charge in [0.05, 0.1) is 12.1 Å². The monoisotopic (exact) mass is 487 g/mol. The highest BCUT2D eigenvalue weighted by Gasteiger charge is 2.31. The molecule has 1 saturated heterocycles. The maximum atomic E-state index is 13.9. The van der Waals surface area contributed by atoms with Gasteiger partial charge in [0, 0.05) is 31.7 Å². The Kier molecular flexibility index (Phi) is 7.05. The smallest absolute Gasteiger partial charge is 0.244 e. The number of sulfonamides is 1. The van der Waals surface area contributed by atoms with Gasteiger partial charge in [-0.15, -0.1) is 0 Å². The zero-order chi connectivity index (χ0) is 24.3. The van der Waals surface area contributed by atoms with Gasteiger partial charge in [0.2, 0.25) is 27.6 Å². The first-order chi connectivity index (χ1) is 16.3. The highest BCUT2D eigenvalue weighted by atomic mass is 32.2. The van der Waals surface area contributed by atoms with Gasteiger partial charge in [-0.1, -0.05) is 47.6 Å². The number of nitrogens with zero attached hydrogens (tertiary/aromatic N) is 4. The summed E-state index contributed by atoms with van der Waals surface area (Å²) in [6.45, 7) is 5.36. The summed E-state index contributed by atoms with van der Waals surface area (Å²) in [5, 5.41) is 4.06. The van der Waals surface area contributed by atoms with Crippen molar-refractivity contribution in [3.05, 3.63) is 66.3 Å². The number of benzene rings is 2. The van der Waals surface area contributed by atoms with E-state index in [4.69, 9.17) is 4.52 Å². The molecule has 1 N–H and O–H groups in total. The lowest BCUT2D eigenvalue weighted by Crippen LogP contribution is -2.54. The van der Waals surface area contributed by atoms with Crippen molar-refractivity contribution in [3.8, 4) is 11.4 Å². The van der Waals surface area contributed by atoms with Gasteiger partial charge >= 0.3 is 0 Å². The van der Waals surface area contributed by atoms with E-state index in [1.54, 1.807) is 4.90 Å². The molecule has 1 amide bonds. The second-order valence-corrected chi connectivity index (χ2v) is 9.82. The van der Waals surface area contributed by atoms with Crippen LogP contribution in [0.2, 0.25) is 0 Å². The van der Waals surface area contributed by atoms with Gasteiger partial charge < -0.3 is 9.42 Å². The van der Waals surface area contributed by atoms with Crippen LogP contribution in [0, 0.1) is 5.82 Å². The molecule has 1 aliphatic rings. The van der Waals surface area contributed by atoms with E-state index in [-0.39, 0.29) is 11.9 Å². The lowest BCUT2D eigenvalue weighted by molar-refractivity contribution is -0.134. The van der Waals surface area contributed by atoms with E-state index in [0.717, 1.165) is 17.7 Å². The third-order valence-corrected chi connectivity index (χ3v) is 7.41. The van der Waals surface area contributed by atoms with Crippen molar-refractivity contribution in [2.24, 2.45) is 0 Å². The fraction of sp³-hybridized carbons (Fsp3) is 0.348. The van der Waals surface area contributed by atoms with Crippen LogP contribution in [-0.4, -0.2) is 66.5 Å². The SMILES string of the molecule is CC(c1nc(-c2ccccc2)no1)N1CCN(C(=O)[C@H](C)NS(=O)(=O)c2ccccc2F)CC1. The number of halogens is 1. The first-order valence-corrected chi connectivity index (χ1v) is 12.4. The molecule has 0 saturated carbocycles. The molecule has 3 aromatic rings. The number of aromatic nitrogens is 2. The van der Waals surface area contributed by atoms with Crippen LogP contribution in [0.25, 0.3) is 11.4 Å². The van der Waals surface area contributed by atoms with Crippen LogP contribution in [0.15, 0.2) is 64.0 Å². The van der Waals surface area contributed by atoms with Gasteiger partial charge in [0.15, 0.2) is 0 Å². The number of hydrogen-bond acceptors (Lipinski definition) is 7. The molecule has 9 nitrogen and oxygen atoms in total. The average molecular weight is 488 g/mol. The number of carbonyl (C=O) groups excluding carboxylic acids is 1. The minimum absolute atomic E-state index is 0.140. The zero-order valence-electron chi connectivity index (χ0n) is 18.9. The van der Waals surface area contributed by atoms with Crippen LogP contribution < -0.4 is 4.72 Å². The standard InChI is InChI=1S/C23H26FN5O4S/c1-16(27-34(31,32)20-11-7-6-10-19(20)24)23(30)29-14-12-28(13-15-29)17(2)22-25-21(26-33-22)18-8-4-3-5-9-18/h3-11,16-17,27H,12-15H2,1-2H3/t16-,17?/m0/s1. The molecule has 2 heterocycles. The number of amides is 1. The van der Waals surface area contributed by atoms with Crippen LogP contribution in [-0.2, 0) is 14.8 Å². The number of piperazine rings is 1. The molecule has 180 valence electrons. The minimum atomic E-state index is -4.17. The van der Waals surface area contributed by atoms with E-state index in [0.29, 0.717) is 37.9 Å². The van der Waals surface area contributed by atoms with Crippen molar-refractivity contribution < 1.29 is 22.1 Å². The van der Waals surface area contributed by atoms with E-state index < -0.39 is 26.8 Å². The van der Waals surface area contributed by atoms with Crippen LogP contribution >= 0.6 is 0 Å². The molecule has 0 bridgehead atoms. The molecule has 0 radical (unpaired) electrons. The van der Waals surface area contributed by atoms with E-state index in [1.165, 1.54) is 19.1 Å². The Balaban J connectivity index is 1.34. The van der Waals surface area contributed by atoms with Gasteiger partial charge in [-0.25, -0.2) is 12.8 Å². The molecule has 1 unspecified atom stereocenters. The summed E-state index contributed by atoms with van der Waals surface area (Å²) in [6.07, 6.45) is 0. The topological polar surface area (TPSA) is 109 Å². The van der Waals surface area contributed by atoms with Crippen molar-refractivity contribution in [2.45, 2.75) is 30.8 Å². The maximum absolute atomic E-state index is 13.9. The average Bonchev–Trinajstić information content (AvgIpc) is 3.34. The van der Waals surface area contributed by atoms with Crippen molar-refractivity contribution >= 4 is 15.9 Å². The summed E-state index contributed by atoms with van der Waals surface area (Å²) >= 11 is 0. The van der Waals surface area contributed by atoms with Crippen molar-refractivity contribution in [3.63, 3.8) is 0 Å². The first-order valence-electron chi connectivity index (χ1n) is 10.9. The molecule has 2 atom stereocenters. The third kappa shape index (κ3) is 5.16. The number of rotatable bonds is 7. The maximum Gasteiger partial charge on any atom is 0.244 e. The van der Waals surface area contributed by atoms with Crippen LogP contribution in [0.5, 0.6) is 0 Å². The second-order valence-electron chi connectivity index (χ2n) is 8.13. The molecule has 4 rings (SSSR count). The predicted molar refractivity (Wildman–Crippen MR) is 122 cm³/mol. The van der Waals surface area contributed by atoms with Crippen molar-refractivity contribution in [2.75, 3.05) is 26.2 Å². The second kappa shape index (κ2) is 10.00. The van der Waals surface area contributed by atoms with Crippen LogP contribution in [0.1, 0.15) is 25.8 Å². The summed E-state index contributed by atoms with van der Waals surface area (Å²) in [7, 11) is -4.17. The lowest BCUT2D eigenvalue weighted by Gasteiger charge is -2.37. The molecule has 0 spiro atoms. The summed E-state index contributed by atoms with van der Waals surface area (Å²) in [5.41, 5.74) is 0.868. The molecule has 34 heavy (non-hydrogen) atoms. The summed E-state index contributed by atoms with van der Waals surface area (Å²) in [6, 6.07) is 13.4. The van der Waals surface area contributed by atoms with Gasteiger partial charge in [-0.3, -0.25) is 9.69 Å². The number of nitrogens with one attached hydrogen (secondary N) is 1. The van der Waals surface area contributed by atoms with E-state index in [2.05, 4.69) is 19.8 Å². The number of hydrogen-bond donors (Lipinski definition) is 1. The summed E-state index contributed by atoms with van der Waals surface area (Å²) in [4.78, 5) is 20.6. The minimum Gasteiger partial charge on any atom is -0.339 e. The first kappa shape index (κ1) is 24.0. The highest BCUT2D eigenvalue weighted by Crippen LogP contribution is 2.23. The van der Waals surface area contributed by atoms with Gasteiger partial charge in [0.25, 0.3) is 0 Å². The Labute approximate surface area is 197 Å². The molecule has 1 fully saturated rings. The Bertz CT molecular complexity index is 1240. The largest absolute Gasteiger partial charge is 0.339 e. The van der Waals surface area contributed by atoms with Crippen molar-refractivity contribution in [1.29, 1.82) is 0 Å². The van der Waals surface area contributed by atoms with Crippen LogP contribution in [0.3, 0.4) is 0 Å². The Morgan fingerprint density at radius 2 is 1.68 bits per heavy atom. The predicted octanol–water partition coefficient (Wildman–Crippen LogP) is 2.45. The Hall–Kier alpha value is -3.15. The molecule has 0 aliphatic carbocycles. The highest BCUT2D eigenvalue weighted by molar-refractivity contribution is 7.89. The van der Waals surface area contributed by atoms with Gasteiger partial charge in [-0.2, -0.15) is 9.71 Å². The third-order valence-electron chi connectivity index (χ3n) is 5.83. The van der Waals surface area contributed by atoms with Crippen LogP contribution in [0.4, 0.5) is 4.39 Å². The number of carbonyl (C=O) groups is 1. The fourth-order valence-corrected chi connectivity index (χ4v) is 5.15. The normalized spacial score (nSPS) is 16.9. The molecule has 2 aromatic carbocycles. The van der Waals surface area contributed by atoms with Crippen molar-refractivity contribution in [1.82, 2.24) is 24.7 Å². The fourth-order valence-electron chi connectivity index (χ4n) is 3.88. The summed E-state index contributed by atoms with van der Waals surface area (Å²) < 4.78 is 46.7. The molecule has 11 heteroatoms. The molecule has 1 aromatic heterocycles. The molecule has 1 aliphatic heterocycles. The Morgan fingerprint density at radius 3 is 2.35 bits per heavy atom. The molecular weight excluding hydrogens is 461 g/mol. The van der Waals surface area contributed by atoms with E-state index in [9.17, 15) is 17.6 Å². The van der Waals surface area contributed by atoms with Gasteiger partial charge in [0.1, 0.15) is 10.7 Å². The van der Waals surface area contributed by atoms with E-state index in [1.807, 2.05) is 37.3 Å². The summed E-state index contributed by atoms with van der Waals surface area (Å²) in [5.74, 6) is -0.220. The van der Waals surface area contributed by atoms with E-state index >= 15 is 0 Å². The Morgan fingerprint density at radius 1 is 1.03 bits per heavy atom. The zero-order valence-corrected chi connectivity index (χ0v) is 19.7.